The third-order valence-electron chi connectivity index (χ3n) is 7.81. The van der Waals surface area contributed by atoms with Crippen LogP contribution in [0.3, 0.4) is 0 Å². The lowest BCUT2D eigenvalue weighted by molar-refractivity contribution is -0.143. The molecule has 5 atom stereocenters. The molecular formula is C28H28F7NO4. The zero-order valence-electron chi connectivity index (χ0n) is 21.8. The van der Waals surface area contributed by atoms with Crippen molar-refractivity contribution in [2.45, 2.75) is 64.0 Å². The molecule has 40 heavy (non-hydrogen) atoms. The van der Waals surface area contributed by atoms with Gasteiger partial charge in [0.1, 0.15) is 11.9 Å². The molecule has 1 unspecified atom stereocenters. The first-order valence-corrected chi connectivity index (χ1v) is 12.6. The van der Waals surface area contributed by atoms with Crippen molar-refractivity contribution in [1.29, 1.82) is 0 Å². The number of nitrogens with zero attached hydrogens (tertiary/aromatic N) is 1. The van der Waals surface area contributed by atoms with E-state index in [0.717, 1.165) is 0 Å². The molecule has 1 N–H and O–H groups in total. The number of ether oxygens (including phenoxy) is 1. The van der Waals surface area contributed by atoms with Gasteiger partial charge < -0.3 is 14.7 Å². The van der Waals surface area contributed by atoms with E-state index in [1.165, 1.54) is 29.2 Å². The third kappa shape index (κ3) is 5.90. The minimum absolute atomic E-state index is 0.0693. The monoisotopic (exact) mass is 575 g/mol. The van der Waals surface area contributed by atoms with E-state index < -0.39 is 76.3 Å². The second-order valence-electron chi connectivity index (χ2n) is 11.5. The van der Waals surface area contributed by atoms with Crippen LogP contribution in [0.1, 0.15) is 66.6 Å². The number of halogens is 7. The van der Waals surface area contributed by atoms with E-state index in [9.17, 15) is 45.4 Å². The molecular weight excluding hydrogens is 547 g/mol. The largest absolute Gasteiger partial charge is 0.465 e. The summed E-state index contributed by atoms with van der Waals surface area (Å²) in [7, 11) is 0. The van der Waals surface area contributed by atoms with E-state index in [-0.39, 0.29) is 24.9 Å². The maximum Gasteiger partial charge on any atom is 0.416 e. The van der Waals surface area contributed by atoms with Crippen molar-refractivity contribution in [2.75, 3.05) is 6.54 Å². The van der Waals surface area contributed by atoms with Crippen LogP contribution in [0.15, 0.2) is 42.5 Å². The van der Waals surface area contributed by atoms with Gasteiger partial charge in [0.2, 0.25) is 0 Å². The summed E-state index contributed by atoms with van der Waals surface area (Å²) >= 11 is 0. The Morgan fingerprint density at radius 2 is 1.43 bits per heavy atom. The zero-order valence-corrected chi connectivity index (χ0v) is 21.8. The molecule has 5 nitrogen and oxygen atoms in total. The number of hydrogen-bond acceptors (Lipinski definition) is 3. The predicted molar refractivity (Wildman–Crippen MR) is 129 cm³/mol. The predicted octanol–water partition coefficient (Wildman–Crippen LogP) is 7.61. The number of alkyl halides is 6. The minimum Gasteiger partial charge on any atom is -0.465 e. The fraction of sp³-hybridized carbons (Fsp3) is 0.500. The second-order valence-corrected chi connectivity index (χ2v) is 11.5. The second kappa shape index (κ2) is 10.3. The number of rotatable bonds is 3. The molecule has 0 radical (unpaired) electrons. The molecule has 2 fully saturated rings. The van der Waals surface area contributed by atoms with E-state index in [1.807, 2.05) is 20.8 Å². The maximum absolute atomic E-state index is 13.7. The zero-order chi connectivity index (χ0) is 29.8. The molecule has 2 aromatic rings. The Morgan fingerprint density at radius 1 is 0.875 bits per heavy atom. The van der Waals surface area contributed by atoms with E-state index in [0.29, 0.717) is 24.1 Å². The van der Waals surface area contributed by atoms with Crippen molar-refractivity contribution >= 4 is 12.1 Å². The summed E-state index contributed by atoms with van der Waals surface area (Å²) in [5.74, 6) is -3.16. The van der Waals surface area contributed by atoms with Crippen LogP contribution in [0.5, 0.6) is 0 Å². The SMILES string of the molecule is CC(C)(C)C1[C@H]2CC[C@@H](OC(=O)c3cc(C(F)(F)F)cc(C(F)(F)F)c3)[C@H](c3ccc(F)cc3)[C@H]2CN1C(=O)O. The van der Waals surface area contributed by atoms with Gasteiger partial charge in [-0.1, -0.05) is 32.9 Å². The van der Waals surface area contributed by atoms with Gasteiger partial charge in [0.05, 0.1) is 16.7 Å². The molecule has 2 aliphatic rings. The van der Waals surface area contributed by atoms with Crippen molar-refractivity contribution in [3.63, 3.8) is 0 Å². The van der Waals surface area contributed by atoms with Crippen LogP contribution in [0, 0.1) is 23.1 Å². The first kappa shape index (κ1) is 29.7. The fourth-order valence-electron chi connectivity index (χ4n) is 6.37. The Bertz CT molecular complexity index is 1240. The fourth-order valence-corrected chi connectivity index (χ4v) is 6.37. The lowest BCUT2D eigenvalue weighted by Crippen LogP contribution is -2.46. The van der Waals surface area contributed by atoms with E-state index in [2.05, 4.69) is 0 Å². The van der Waals surface area contributed by atoms with Crippen LogP contribution < -0.4 is 0 Å². The molecule has 2 aromatic carbocycles. The molecule has 0 aromatic heterocycles. The number of likely N-dealkylation sites (tertiary alicyclic amines) is 1. The summed E-state index contributed by atoms with van der Waals surface area (Å²) in [6.07, 6.45) is -11.8. The highest BCUT2D eigenvalue weighted by Gasteiger charge is 2.55. The van der Waals surface area contributed by atoms with Gasteiger partial charge in [0.25, 0.3) is 0 Å². The van der Waals surface area contributed by atoms with Crippen LogP contribution in [0.4, 0.5) is 35.5 Å². The van der Waals surface area contributed by atoms with Gasteiger partial charge in [-0.15, -0.1) is 0 Å². The number of hydrogen-bond donors (Lipinski definition) is 1. The standard InChI is InChI=1S/C28H28F7NO4/c1-26(2,3)23-19-8-9-21(22(14-4-6-18(29)7-5-14)20(19)13-36(23)25(38)39)40-24(37)15-10-16(27(30,31)32)12-17(11-15)28(33,34)35/h4-7,10-12,19-23H,8-9,13H2,1-3H3,(H,38,39)/t19-,20-,21+,22+,23?/m0/s1. The van der Waals surface area contributed by atoms with E-state index >= 15 is 0 Å². The summed E-state index contributed by atoms with van der Waals surface area (Å²) < 4.78 is 99.5. The van der Waals surface area contributed by atoms with Gasteiger partial charge in [-0.05, 0) is 66.0 Å². The molecule has 12 heteroatoms. The molecule has 4 rings (SSSR count). The van der Waals surface area contributed by atoms with Gasteiger partial charge in [-0.25, -0.2) is 14.0 Å². The van der Waals surface area contributed by atoms with Crippen LogP contribution in [0.2, 0.25) is 0 Å². The Labute approximate surface area is 225 Å². The molecule has 0 bridgehead atoms. The Balaban J connectivity index is 1.73. The highest BCUT2D eigenvalue weighted by atomic mass is 19.4. The highest BCUT2D eigenvalue weighted by Crippen LogP contribution is 2.53. The number of carbonyl (C=O) groups is 2. The van der Waals surface area contributed by atoms with Crippen LogP contribution in [-0.4, -0.2) is 40.8 Å². The molecule has 218 valence electrons. The first-order chi connectivity index (χ1) is 18.4. The summed E-state index contributed by atoms with van der Waals surface area (Å²) in [4.78, 5) is 26.6. The summed E-state index contributed by atoms with van der Waals surface area (Å²) in [6.45, 7) is 5.78. The van der Waals surface area contributed by atoms with Crippen molar-refractivity contribution in [3.05, 3.63) is 70.5 Å². The van der Waals surface area contributed by atoms with Crippen LogP contribution in [-0.2, 0) is 17.1 Å². The number of carbonyl (C=O) groups excluding carboxylic acids is 1. The van der Waals surface area contributed by atoms with Crippen LogP contribution in [0.25, 0.3) is 0 Å². The number of esters is 1. The highest BCUT2D eigenvalue weighted by molar-refractivity contribution is 5.90. The topological polar surface area (TPSA) is 66.8 Å². The molecule has 1 saturated carbocycles. The summed E-state index contributed by atoms with van der Waals surface area (Å²) in [6, 6.07) is 5.45. The molecule has 0 spiro atoms. The Morgan fingerprint density at radius 3 is 1.90 bits per heavy atom. The summed E-state index contributed by atoms with van der Waals surface area (Å²) in [5.41, 5.74) is -4.13. The average Bonchev–Trinajstić information content (AvgIpc) is 3.24. The van der Waals surface area contributed by atoms with Crippen molar-refractivity contribution in [3.8, 4) is 0 Å². The normalized spacial score (nSPS) is 25.4. The number of carboxylic acid groups (broad SMARTS) is 1. The van der Waals surface area contributed by atoms with E-state index in [1.54, 1.807) is 0 Å². The number of fused-ring (bicyclic) bond motifs is 1. The average molecular weight is 576 g/mol. The van der Waals surface area contributed by atoms with E-state index in [4.69, 9.17) is 4.74 Å². The van der Waals surface area contributed by atoms with Crippen molar-refractivity contribution in [1.82, 2.24) is 4.90 Å². The molecule has 1 saturated heterocycles. The smallest absolute Gasteiger partial charge is 0.416 e. The Kier molecular flexibility index (Phi) is 7.61. The summed E-state index contributed by atoms with van der Waals surface area (Å²) in [5, 5.41) is 9.94. The number of amides is 1. The minimum atomic E-state index is -5.14. The molecule has 1 aliphatic heterocycles. The van der Waals surface area contributed by atoms with Gasteiger partial charge in [-0.2, -0.15) is 26.3 Å². The number of benzene rings is 2. The van der Waals surface area contributed by atoms with Gasteiger partial charge in [0, 0.05) is 18.5 Å². The maximum atomic E-state index is 13.7. The van der Waals surface area contributed by atoms with Crippen molar-refractivity contribution in [2.24, 2.45) is 17.3 Å². The van der Waals surface area contributed by atoms with Gasteiger partial charge in [0.15, 0.2) is 0 Å². The lowest BCUT2D eigenvalue weighted by atomic mass is 9.64. The molecule has 1 amide bonds. The van der Waals surface area contributed by atoms with Gasteiger partial charge >= 0.3 is 24.4 Å². The Hall–Kier alpha value is -3.31. The molecule has 1 aliphatic carbocycles. The first-order valence-electron chi connectivity index (χ1n) is 12.6. The molecule has 1 heterocycles. The quantitative estimate of drug-likeness (QED) is 0.302. The van der Waals surface area contributed by atoms with Crippen molar-refractivity contribution < 1.29 is 50.2 Å². The van der Waals surface area contributed by atoms with Gasteiger partial charge in [-0.3, -0.25) is 0 Å². The lowest BCUT2D eigenvalue weighted by Gasteiger charge is -2.43. The third-order valence-corrected chi connectivity index (χ3v) is 7.81. The van der Waals surface area contributed by atoms with Crippen LogP contribution >= 0.6 is 0 Å².